The topological polar surface area (TPSA) is 59.9 Å². The Morgan fingerprint density at radius 1 is 1.09 bits per heavy atom. The van der Waals surface area contributed by atoms with Crippen LogP contribution in [0.25, 0.3) is 6.08 Å². The normalized spacial score (nSPS) is 15.8. The van der Waals surface area contributed by atoms with Gasteiger partial charge in [-0.05, 0) is 82.7 Å². The van der Waals surface area contributed by atoms with Crippen molar-refractivity contribution in [3.63, 3.8) is 0 Å². The Labute approximate surface area is 205 Å². The number of nitrogens with one attached hydrogen (secondary N) is 1. The molecule has 1 amide bonds. The number of aliphatic imine (C=N–C) groups is 1. The molecule has 0 atom stereocenters. The third-order valence-corrected chi connectivity index (χ3v) is 6.40. The lowest BCUT2D eigenvalue weighted by Crippen LogP contribution is -2.19. The van der Waals surface area contributed by atoms with Gasteiger partial charge < -0.3 is 14.8 Å². The van der Waals surface area contributed by atoms with Crippen LogP contribution in [0, 0.1) is 10.5 Å². The number of methoxy groups -OCH3 is 1. The summed E-state index contributed by atoms with van der Waals surface area (Å²) in [6, 6.07) is 21.7. The zero-order valence-corrected chi connectivity index (χ0v) is 20.6. The standard InChI is InChI=1S/C25H21IN2O3S/c1-16-8-10-19(11-9-16)27-25-28-24(29)22(32-25)14-18-12-20(26)23(21(13-18)30-2)31-15-17-6-4-3-5-7-17/h3-14H,15H2,1-2H3,(H,27,28,29)/b22-14-. The summed E-state index contributed by atoms with van der Waals surface area (Å²) < 4.78 is 12.5. The highest BCUT2D eigenvalue weighted by Crippen LogP contribution is 2.36. The van der Waals surface area contributed by atoms with Gasteiger partial charge in [-0.15, -0.1) is 0 Å². The van der Waals surface area contributed by atoms with E-state index >= 15 is 0 Å². The summed E-state index contributed by atoms with van der Waals surface area (Å²) in [6.07, 6.45) is 1.84. The molecule has 0 bridgehead atoms. The van der Waals surface area contributed by atoms with Crippen LogP contribution in [0.2, 0.25) is 0 Å². The molecule has 0 aromatic heterocycles. The average Bonchev–Trinajstić information content (AvgIpc) is 3.13. The fraction of sp³-hybridized carbons (Fsp3) is 0.120. The fourth-order valence-electron chi connectivity index (χ4n) is 3.06. The molecule has 162 valence electrons. The zero-order valence-electron chi connectivity index (χ0n) is 17.6. The van der Waals surface area contributed by atoms with Gasteiger partial charge in [-0.1, -0.05) is 48.0 Å². The number of hydrogen-bond donors (Lipinski definition) is 1. The van der Waals surface area contributed by atoms with Gasteiger partial charge in [0.25, 0.3) is 5.91 Å². The monoisotopic (exact) mass is 556 g/mol. The predicted octanol–water partition coefficient (Wildman–Crippen LogP) is 6.08. The maximum absolute atomic E-state index is 12.5. The summed E-state index contributed by atoms with van der Waals surface area (Å²) in [5, 5.41) is 3.39. The van der Waals surface area contributed by atoms with Crippen LogP contribution in [0.1, 0.15) is 16.7 Å². The first-order valence-electron chi connectivity index (χ1n) is 9.92. The molecule has 1 heterocycles. The van der Waals surface area contributed by atoms with E-state index < -0.39 is 0 Å². The van der Waals surface area contributed by atoms with Gasteiger partial charge in [-0.2, -0.15) is 0 Å². The minimum Gasteiger partial charge on any atom is -0.493 e. The van der Waals surface area contributed by atoms with Crippen LogP contribution in [0.15, 0.2) is 76.6 Å². The molecular formula is C25H21IN2O3S. The van der Waals surface area contributed by atoms with Gasteiger partial charge in [-0.25, -0.2) is 4.99 Å². The third-order valence-electron chi connectivity index (χ3n) is 4.69. The summed E-state index contributed by atoms with van der Waals surface area (Å²) >= 11 is 3.55. The van der Waals surface area contributed by atoms with E-state index in [1.54, 1.807) is 7.11 Å². The van der Waals surface area contributed by atoms with Gasteiger partial charge in [0.2, 0.25) is 0 Å². The third kappa shape index (κ3) is 5.52. The number of amides is 1. The molecule has 5 nitrogen and oxygen atoms in total. The van der Waals surface area contributed by atoms with Gasteiger partial charge in [0.1, 0.15) is 6.61 Å². The van der Waals surface area contributed by atoms with E-state index in [4.69, 9.17) is 9.47 Å². The number of benzene rings is 3. The Kier molecular flexibility index (Phi) is 7.16. The van der Waals surface area contributed by atoms with E-state index in [1.165, 1.54) is 11.8 Å². The van der Waals surface area contributed by atoms with E-state index in [-0.39, 0.29) is 5.91 Å². The second kappa shape index (κ2) is 10.2. The Morgan fingerprint density at radius 2 is 1.84 bits per heavy atom. The highest BCUT2D eigenvalue weighted by Gasteiger charge is 2.24. The predicted molar refractivity (Wildman–Crippen MR) is 138 cm³/mol. The Balaban J connectivity index is 1.53. The van der Waals surface area contributed by atoms with Crippen LogP contribution in [-0.2, 0) is 11.4 Å². The Hall–Kier alpha value is -2.78. The van der Waals surface area contributed by atoms with E-state index in [2.05, 4.69) is 32.9 Å². The Morgan fingerprint density at radius 3 is 2.56 bits per heavy atom. The molecule has 0 radical (unpaired) electrons. The number of rotatable bonds is 6. The number of hydrogen-bond acceptors (Lipinski definition) is 5. The van der Waals surface area contributed by atoms with Crippen LogP contribution < -0.4 is 14.8 Å². The van der Waals surface area contributed by atoms with Crippen molar-refractivity contribution >= 4 is 57.2 Å². The number of nitrogens with zero attached hydrogens (tertiary/aromatic N) is 1. The van der Waals surface area contributed by atoms with Crippen molar-refractivity contribution < 1.29 is 14.3 Å². The van der Waals surface area contributed by atoms with Crippen molar-refractivity contribution in [3.05, 3.63) is 91.9 Å². The largest absolute Gasteiger partial charge is 0.493 e. The molecular weight excluding hydrogens is 535 g/mol. The molecule has 1 saturated heterocycles. The first-order valence-corrected chi connectivity index (χ1v) is 11.8. The van der Waals surface area contributed by atoms with Crippen LogP contribution in [0.3, 0.4) is 0 Å². The highest BCUT2D eigenvalue weighted by molar-refractivity contribution is 14.1. The Bertz CT molecular complexity index is 1190. The van der Waals surface area contributed by atoms with Crippen molar-refractivity contribution in [2.24, 2.45) is 4.99 Å². The number of halogens is 1. The lowest BCUT2D eigenvalue weighted by atomic mass is 10.2. The SMILES string of the molecule is COc1cc(/C=C2\SC(=Nc3ccc(C)cc3)NC2=O)cc(I)c1OCc1ccccc1. The summed E-state index contributed by atoms with van der Waals surface area (Å²) in [7, 11) is 1.61. The second-order valence-corrected chi connectivity index (χ2v) is 9.32. The molecule has 3 aromatic rings. The molecule has 0 saturated carbocycles. The molecule has 1 aliphatic rings. The van der Waals surface area contributed by atoms with Crippen molar-refractivity contribution in [3.8, 4) is 11.5 Å². The average molecular weight is 556 g/mol. The zero-order chi connectivity index (χ0) is 22.5. The summed E-state index contributed by atoms with van der Waals surface area (Å²) in [5.74, 6) is 1.14. The molecule has 7 heteroatoms. The van der Waals surface area contributed by atoms with E-state index in [1.807, 2.05) is 79.7 Å². The van der Waals surface area contributed by atoms with Crippen LogP contribution in [-0.4, -0.2) is 18.2 Å². The quantitative estimate of drug-likeness (QED) is 0.296. The summed E-state index contributed by atoms with van der Waals surface area (Å²) in [5.41, 5.74) is 3.90. The molecule has 0 spiro atoms. The second-order valence-electron chi connectivity index (χ2n) is 7.13. The van der Waals surface area contributed by atoms with Crippen molar-refractivity contribution in [2.45, 2.75) is 13.5 Å². The smallest absolute Gasteiger partial charge is 0.264 e. The highest BCUT2D eigenvalue weighted by atomic mass is 127. The number of carbonyl (C=O) groups excluding carboxylic acids is 1. The molecule has 4 rings (SSSR count). The summed E-state index contributed by atoms with van der Waals surface area (Å²) in [4.78, 5) is 17.6. The first kappa shape index (κ1) is 22.4. The maximum Gasteiger partial charge on any atom is 0.264 e. The fourth-order valence-corrected chi connectivity index (χ4v) is 4.68. The molecule has 1 fully saturated rings. The number of ether oxygens (including phenoxy) is 2. The molecule has 0 unspecified atom stereocenters. The van der Waals surface area contributed by atoms with Gasteiger partial charge in [0, 0.05) is 0 Å². The van der Waals surface area contributed by atoms with Crippen LogP contribution >= 0.6 is 34.4 Å². The molecule has 1 aliphatic heterocycles. The van der Waals surface area contributed by atoms with Crippen molar-refractivity contribution in [1.29, 1.82) is 0 Å². The van der Waals surface area contributed by atoms with Gasteiger partial charge in [0.05, 0.1) is 21.3 Å². The van der Waals surface area contributed by atoms with Gasteiger partial charge in [0.15, 0.2) is 16.7 Å². The lowest BCUT2D eigenvalue weighted by Gasteiger charge is -2.14. The molecule has 1 N–H and O–H groups in total. The number of amidine groups is 1. The van der Waals surface area contributed by atoms with E-state index in [0.717, 1.165) is 25.9 Å². The number of carbonyl (C=O) groups is 1. The lowest BCUT2D eigenvalue weighted by molar-refractivity contribution is -0.115. The molecule has 0 aliphatic carbocycles. The van der Waals surface area contributed by atoms with Crippen molar-refractivity contribution in [2.75, 3.05) is 7.11 Å². The number of aryl methyl sites for hydroxylation is 1. The van der Waals surface area contributed by atoms with Crippen LogP contribution in [0.4, 0.5) is 5.69 Å². The van der Waals surface area contributed by atoms with Gasteiger partial charge in [-0.3, -0.25) is 4.79 Å². The van der Waals surface area contributed by atoms with E-state index in [0.29, 0.717) is 28.2 Å². The molecule has 32 heavy (non-hydrogen) atoms. The minimum absolute atomic E-state index is 0.167. The maximum atomic E-state index is 12.5. The minimum atomic E-state index is -0.167. The van der Waals surface area contributed by atoms with Crippen LogP contribution in [0.5, 0.6) is 11.5 Å². The first-order chi connectivity index (χ1) is 15.5. The van der Waals surface area contributed by atoms with E-state index in [9.17, 15) is 4.79 Å². The number of thioether (sulfide) groups is 1. The van der Waals surface area contributed by atoms with Crippen molar-refractivity contribution in [1.82, 2.24) is 5.32 Å². The summed E-state index contributed by atoms with van der Waals surface area (Å²) in [6.45, 7) is 2.47. The molecule has 3 aromatic carbocycles. The van der Waals surface area contributed by atoms with Gasteiger partial charge >= 0.3 is 0 Å².